The van der Waals surface area contributed by atoms with E-state index in [0.29, 0.717) is 30.3 Å². The molecular formula is C27H27N3O4. The van der Waals surface area contributed by atoms with Gasteiger partial charge < -0.3 is 24.5 Å². The second kappa shape index (κ2) is 9.47. The number of urea groups is 1. The largest absolute Gasteiger partial charge is 0.497 e. The van der Waals surface area contributed by atoms with Gasteiger partial charge >= 0.3 is 6.03 Å². The molecule has 1 spiro atoms. The number of nitrogens with one attached hydrogen (secondary N) is 1. The van der Waals surface area contributed by atoms with Gasteiger partial charge in [-0.25, -0.2) is 4.79 Å². The normalized spacial score (nSPS) is 16.5. The molecule has 0 aliphatic carbocycles. The van der Waals surface area contributed by atoms with E-state index in [1.807, 2.05) is 83.8 Å². The van der Waals surface area contributed by atoms with Gasteiger partial charge in [-0.2, -0.15) is 0 Å². The Hall–Kier alpha value is -4.00. The van der Waals surface area contributed by atoms with E-state index < -0.39 is 0 Å². The van der Waals surface area contributed by atoms with Crippen LogP contribution < -0.4 is 14.8 Å². The number of amides is 2. The molecule has 0 atom stereocenters. The van der Waals surface area contributed by atoms with Crippen molar-refractivity contribution in [3.63, 3.8) is 0 Å². The Kier molecular flexibility index (Phi) is 6.08. The summed E-state index contributed by atoms with van der Waals surface area (Å²) in [4.78, 5) is 20.7. The van der Waals surface area contributed by atoms with Crippen LogP contribution in [-0.2, 0) is 4.84 Å². The summed E-state index contributed by atoms with van der Waals surface area (Å²) < 4.78 is 11.3. The minimum atomic E-state index is -0.358. The number of ether oxygens (including phenoxy) is 2. The average Bonchev–Trinajstić information content (AvgIpc) is 3.29. The summed E-state index contributed by atoms with van der Waals surface area (Å²) in [6, 6.07) is 24.7. The first-order valence-electron chi connectivity index (χ1n) is 11.4. The van der Waals surface area contributed by atoms with E-state index in [1.165, 1.54) is 0 Å². The predicted molar refractivity (Wildman–Crippen MR) is 131 cm³/mol. The van der Waals surface area contributed by atoms with Gasteiger partial charge in [0.05, 0.1) is 18.5 Å². The molecule has 2 aliphatic heterocycles. The summed E-state index contributed by atoms with van der Waals surface area (Å²) in [5.74, 6) is 2.12. The zero-order chi connectivity index (χ0) is 23.4. The van der Waals surface area contributed by atoms with Gasteiger partial charge in [0.2, 0.25) is 0 Å². The lowest BCUT2D eigenvalue weighted by atomic mass is 9.85. The van der Waals surface area contributed by atoms with Gasteiger partial charge in [-0.3, -0.25) is 0 Å². The number of carbonyl (C=O) groups is 1. The smallest absolute Gasteiger partial charge is 0.321 e. The molecule has 34 heavy (non-hydrogen) atoms. The van der Waals surface area contributed by atoms with Crippen LogP contribution in [0, 0.1) is 0 Å². The summed E-state index contributed by atoms with van der Waals surface area (Å²) in [6.45, 7) is 1.18. The number of hydrogen-bond donors (Lipinski definition) is 1. The third-order valence-corrected chi connectivity index (χ3v) is 6.30. The molecule has 174 valence electrons. The molecule has 2 amide bonds. The van der Waals surface area contributed by atoms with Gasteiger partial charge in [0.25, 0.3) is 0 Å². The molecule has 3 aromatic carbocycles. The minimum absolute atomic E-state index is 0.147. The highest BCUT2D eigenvalue weighted by molar-refractivity contribution is 6.02. The number of para-hydroxylation sites is 3. The van der Waals surface area contributed by atoms with E-state index in [-0.39, 0.29) is 11.6 Å². The standard InChI is InChI=1S/C27H27N3O4/c1-32-22-11-7-8-20(18-22)24-19-27(34-29-24)14-16-30(17-15-27)26(31)28-23-12-5-6-13-25(23)33-21-9-3-2-4-10-21/h2-13,18H,14-17,19H2,1H3,(H,28,31). The van der Waals surface area contributed by atoms with E-state index in [4.69, 9.17) is 14.3 Å². The number of oxime groups is 1. The summed E-state index contributed by atoms with van der Waals surface area (Å²) in [5.41, 5.74) is 2.20. The van der Waals surface area contributed by atoms with Gasteiger partial charge in [0, 0.05) is 37.9 Å². The lowest BCUT2D eigenvalue weighted by molar-refractivity contribution is -0.0544. The molecule has 7 nitrogen and oxygen atoms in total. The third-order valence-electron chi connectivity index (χ3n) is 6.30. The number of carbonyl (C=O) groups excluding carboxylic acids is 1. The van der Waals surface area contributed by atoms with Crippen molar-refractivity contribution in [2.45, 2.75) is 24.9 Å². The van der Waals surface area contributed by atoms with Crippen LogP contribution in [0.4, 0.5) is 10.5 Å². The van der Waals surface area contributed by atoms with Gasteiger partial charge in [0.1, 0.15) is 17.1 Å². The molecule has 1 saturated heterocycles. The molecule has 1 N–H and O–H groups in total. The number of hydrogen-bond acceptors (Lipinski definition) is 5. The van der Waals surface area contributed by atoms with Crippen LogP contribution in [0.5, 0.6) is 17.2 Å². The van der Waals surface area contributed by atoms with E-state index >= 15 is 0 Å². The Bertz CT molecular complexity index is 1190. The Morgan fingerprint density at radius 1 is 0.971 bits per heavy atom. The molecule has 1 fully saturated rings. The van der Waals surface area contributed by atoms with Crippen LogP contribution in [0.2, 0.25) is 0 Å². The van der Waals surface area contributed by atoms with Crippen molar-refractivity contribution < 1.29 is 19.1 Å². The molecule has 7 heteroatoms. The zero-order valence-corrected chi connectivity index (χ0v) is 19.1. The number of anilines is 1. The molecule has 0 bridgehead atoms. The first-order chi connectivity index (χ1) is 16.6. The maximum absolute atomic E-state index is 13.0. The van der Waals surface area contributed by atoms with Gasteiger partial charge in [-0.05, 0) is 36.4 Å². The van der Waals surface area contributed by atoms with Crippen molar-refractivity contribution in [1.29, 1.82) is 0 Å². The van der Waals surface area contributed by atoms with Crippen molar-refractivity contribution in [1.82, 2.24) is 4.90 Å². The third kappa shape index (κ3) is 4.69. The predicted octanol–water partition coefficient (Wildman–Crippen LogP) is 5.68. The Morgan fingerprint density at radius 3 is 2.50 bits per heavy atom. The highest BCUT2D eigenvalue weighted by atomic mass is 16.7. The highest BCUT2D eigenvalue weighted by Crippen LogP contribution is 2.37. The first-order valence-corrected chi connectivity index (χ1v) is 11.4. The van der Waals surface area contributed by atoms with Crippen molar-refractivity contribution in [3.8, 4) is 17.2 Å². The number of likely N-dealkylation sites (tertiary alicyclic amines) is 1. The topological polar surface area (TPSA) is 72.4 Å². The summed E-state index contributed by atoms with van der Waals surface area (Å²) >= 11 is 0. The van der Waals surface area contributed by atoms with Crippen LogP contribution in [0.3, 0.4) is 0 Å². The van der Waals surface area contributed by atoms with Gasteiger partial charge in [-0.1, -0.05) is 47.6 Å². The molecule has 2 aliphatic rings. The van der Waals surface area contributed by atoms with Crippen LogP contribution in [0.15, 0.2) is 84.0 Å². The maximum atomic E-state index is 13.0. The lowest BCUT2D eigenvalue weighted by Gasteiger charge is -2.37. The molecule has 2 heterocycles. The quantitative estimate of drug-likeness (QED) is 0.535. The fourth-order valence-electron chi connectivity index (χ4n) is 4.33. The Labute approximate surface area is 198 Å². The summed E-state index contributed by atoms with van der Waals surface area (Å²) in [6.07, 6.45) is 2.17. The van der Waals surface area contributed by atoms with Gasteiger partial charge in [-0.15, -0.1) is 0 Å². The molecule has 0 unspecified atom stereocenters. The summed E-state index contributed by atoms with van der Waals surface area (Å²) in [5, 5.41) is 7.38. The highest BCUT2D eigenvalue weighted by Gasteiger charge is 2.43. The van der Waals surface area contributed by atoms with Crippen LogP contribution in [0.25, 0.3) is 0 Å². The second-order valence-electron chi connectivity index (χ2n) is 8.55. The number of methoxy groups -OCH3 is 1. The number of rotatable bonds is 5. The average molecular weight is 458 g/mol. The fraction of sp³-hybridized carbons (Fsp3) is 0.259. The van der Waals surface area contributed by atoms with Crippen molar-refractivity contribution in [3.05, 3.63) is 84.4 Å². The zero-order valence-electron chi connectivity index (χ0n) is 19.1. The molecule has 0 saturated carbocycles. The molecular weight excluding hydrogens is 430 g/mol. The van der Waals surface area contributed by atoms with Crippen molar-refractivity contribution in [2.24, 2.45) is 5.16 Å². The number of benzene rings is 3. The monoisotopic (exact) mass is 457 g/mol. The molecule has 0 aromatic heterocycles. The van der Waals surface area contributed by atoms with Gasteiger partial charge in [0.15, 0.2) is 5.75 Å². The van der Waals surface area contributed by atoms with Crippen LogP contribution in [-0.4, -0.2) is 42.4 Å². The lowest BCUT2D eigenvalue weighted by Crippen LogP contribution is -2.48. The number of nitrogens with zero attached hydrogens (tertiary/aromatic N) is 2. The second-order valence-corrected chi connectivity index (χ2v) is 8.55. The van der Waals surface area contributed by atoms with E-state index in [0.717, 1.165) is 36.3 Å². The SMILES string of the molecule is COc1cccc(C2=NOC3(CCN(C(=O)Nc4ccccc4Oc4ccccc4)CC3)C2)c1. The van der Waals surface area contributed by atoms with E-state index in [2.05, 4.69) is 10.5 Å². The van der Waals surface area contributed by atoms with E-state index in [1.54, 1.807) is 7.11 Å². The van der Waals surface area contributed by atoms with Crippen molar-refractivity contribution in [2.75, 3.05) is 25.5 Å². The molecule has 3 aromatic rings. The maximum Gasteiger partial charge on any atom is 0.321 e. The van der Waals surface area contributed by atoms with Crippen LogP contribution >= 0.6 is 0 Å². The number of piperidine rings is 1. The van der Waals surface area contributed by atoms with Crippen LogP contribution in [0.1, 0.15) is 24.8 Å². The Balaban J connectivity index is 1.19. The van der Waals surface area contributed by atoms with E-state index in [9.17, 15) is 4.79 Å². The van der Waals surface area contributed by atoms with Crippen molar-refractivity contribution >= 4 is 17.4 Å². The fourth-order valence-corrected chi connectivity index (χ4v) is 4.33. The summed E-state index contributed by atoms with van der Waals surface area (Å²) in [7, 11) is 1.65. The Morgan fingerprint density at radius 2 is 1.71 bits per heavy atom. The minimum Gasteiger partial charge on any atom is -0.497 e. The first kappa shape index (κ1) is 21.8. The molecule has 0 radical (unpaired) electrons. The molecule has 5 rings (SSSR count).